The minimum Gasteiger partial charge on any atom is -0.379 e. The minimum atomic E-state index is -0.133. The average molecular weight is 344 g/mol. The fourth-order valence-electron chi connectivity index (χ4n) is 2.73. The van der Waals surface area contributed by atoms with Crippen molar-refractivity contribution in [3.8, 4) is 0 Å². The number of carbonyl (C=O) groups is 1. The molecule has 0 unspecified atom stereocenters. The Hall–Kier alpha value is -1.83. The highest BCUT2D eigenvalue weighted by Gasteiger charge is 2.27. The molecule has 1 aliphatic heterocycles. The van der Waals surface area contributed by atoms with Crippen molar-refractivity contribution >= 4 is 22.4 Å². The van der Waals surface area contributed by atoms with Crippen LogP contribution in [0.4, 0.5) is 5.13 Å². The molecule has 0 spiro atoms. The first kappa shape index (κ1) is 15.7. The summed E-state index contributed by atoms with van der Waals surface area (Å²) in [5, 5.41) is 12.7. The molecule has 1 amide bonds. The Morgan fingerprint density at radius 3 is 2.67 bits per heavy atom. The van der Waals surface area contributed by atoms with Crippen LogP contribution in [0.5, 0.6) is 0 Å². The van der Waals surface area contributed by atoms with E-state index in [2.05, 4.69) is 20.4 Å². The van der Waals surface area contributed by atoms with Crippen molar-refractivity contribution in [2.45, 2.75) is 25.3 Å². The smallest absolute Gasteiger partial charge is 0.257 e. The second kappa shape index (κ2) is 6.96. The molecule has 0 bridgehead atoms. The van der Waals surface area contributed by atoms with E-state index in [1.807, 2.05) is 24.3 Å². The van der Waals surface area contributed by atoms with Crippen LogP contribution in [0.3, 0.4) is 0 Å². The lowest BCUT2D eigenvalue weighted by atomic mass is 10.1. The van der Waals surface area contributed by atoms with Crippen LogP contribution in [0.2, 0.25) is 0 Å². The fourth-order valence-corrected chi connectivity index (χ4v) is 3.64. The number of aromatic nitrogens is 2. The first-order chi connectivity index (χ1) is 11.8. The van der Waals surface area contributed by atoms with Gasteiger partial charge in [-0.15, -0.1) is 10.2 Å². The van der Waals surface area contributed by atoms with E-state index in [9.17, 15) is 4.79 Å². The van der Waals surface area contributed by atoms with E-state index in [1.165, 1.54) is 29.7 Å². The van der Waals surface area contributed by atoms with Crippen molar-refractivity contribution in [2.24, 2.45) is 0 Å². The van der Waals surface area contributed by atoms with Gasteiger partial charge in [0.1, 0.15) is 5.01 Å². The van der Waals surface area contributed by atoms with Gasteiger partial charge < -0.3 is 4.74 Å². The van der Waals surface area contributed by atoms with E-state index >= 15 is 0 Å². The van der Waals surface area contributed by atoms with Crippen molar-refractivity contribution in [3.05, 3.63) is 40.4 Å². The van der Waals surface area contributed by atoms with Gasteiger partial charge in [0.2, 0.25) is 5.13 Å². The van der Waals surface area contributed by atoms with Crippen LogP contribution in [0.15, 0.2) is 24.3 Å². The summed E-state index contributed by atoms with van der Waals surface area (Å²) in [7, 11) is 0. The third-order valence-electron chi connectivity index (χ3n) is 4.31. The summed E-state index contributed by atoms with van der Waals surface area (Å²) in [5.74, 6) is 0.430. The second-order valence-corrected chi connectivity index (χ2v) is 7.27. The summed E-state index contributed by atoms with van der Waals surface area (Å²) < 4.78 is 5.36. The van der Waals surface area contributed by atoms with E-state index in [-0.39, 0.29) is 5.91 Å². The highest BCUT2D eigenvalue weighted by Crippen LogP contribution is 2.42. The molecular formula is C17H20N4O2S. The molecule has 1 N–H and O–H groups in total. The van der Waals surface area contributed by atoms with Gasteiger partial charge in [-0.2, -0.15) is 0 Å². The molecule has 2 heterocycles. The molecular weight excluding hydrogens is 324 g/mol. The van der Waals surface area contributed by atoms with E-state index in [0.717, 1.165) is 37.9 Å². The maximum Gasteiger partial charge on any atom is 0.257 e. The normalized spacial score (nSPS) is 18.5. The first-order valence-corrected chi connectivity index (χ1v) is 9.13. The quantitative estimate of drug-likeness (QED) is 0.903. The molecule has 0 atom stereocenters. The Morgan fingerprint density at radius 2 is 1.96 bits per heavy atom. The van der Waals surface area contributed by atoms with E-state index in [0.29, 0.717) is 16.6 Å². The SMILES string of the molecule is O=C(Nc1nnc(C2CC2)s1)c1ccc(CN2CCOCC2)cc1. The van der Waals surface area contributed by atoms with Crippen LogP contribution in [0.1, 0.15) is 39.7 Å². The Morgan fingerprint density at radius 1 is 1.21 bits per heavy atom. The van der Waals surface area contributed by atoms with Gasteiger partial charge in [0.25, 0.3) is 5.91 Å². The number of hydrogen-bond acceptors (Lipinski definition) is 6. The molecule has 4 rings (SSSR count). The minimum absolute atomic E-state index is 0.133. The number of benzene rings is 1. The van der Waals surface area contributed by atoms with Gasteiger partial charge in [0.15, 0.2) is 0 Å². The third-order valence-corrected chi connectivity index (χ3v) is 5.31. The Labute approximate surface area is 144 Å². The number of morpholine rings is 1. The van der Waals surface area contributed by atoms with Crippen LogP contribution < -0.4 is 5.32 Å². The Bertz CT molecular complexity index is 706. The number of amides is 1. The average Bonchev–Trinajstić information content (AvgIpc) is 3.36. The van der Waals surface area contributed by atoms with Crippen molar-refractivity contribution < 1.29 is 9.53 Å². The van der Waals surface area contributed by atoms with Crippen LogP contribution in [0.25, 0.3) is 0 Å². The molecule has 6 nitrogen and oxygen atoms in total. The summed E-state index contributed by atoms with van der Waals surface area (Å²) in [6, 6.07) is 7.77. The molecule has 2 aromatic rings. The highest BCUT2D eigenvalue weighted by atomic mass is 32.1. The summed E-state index contributed by atoms with van der Waals surface area (Å²) in [6.45, 7) is 4.41. The molecule has 1 aliphatic carbocycles. The van der Waals surface area contributed by atoms with Crippen LogP contribution in [0, 0.1) is 0 Å². The molecule has 24 heavy (non-hydrogen) atoms. The number of carbonyl (C=O) groups excluding carboxylic acids is 1. The van der Waals surface area contributed by atoms with Crippen molar-refractivity contribution in [1.29, 1.82) is 0 Å². The van der Waals surface area contributed by atoms with Crippen LogP contribution in [-0.4, -0.2) is 47.3 Å². The summed E-state index contributed by atoms with van der Waals surface area (Å²) in [6.07, 6.45) is 2.38. The van der Waals surface area contributed by atoms with Gasteiger partial charge in [-0.1, -0.05) is 23.5 Å². The van der Waals surface area contributed by atoms with Crippen LogP contribution in [-0.2, 0) is 11.3 Å². The molecule has 7 heteroatoms. The molecule has 1 saturated carbocycles. The third kappa shape index (κ3) is 3.80. The summed E-state index contributed by atoms with van der Waals surface area (Å²) in [4.78, 5) is 14.7. The maximum atomic E-state index is 12.3. The standard InChI is InChI=1S/C17H20N4O2S/c22-15(18-17-20-19-16(24-17)14-5-6-14)13-3-1-12(2-4-13)11-21-7-9-23-10-8-21/h1-4,14H,5-11H2,(H,18,20,22). The Kier molecular flexibility index (Phi) is 4.55. The summed E-state index contributed by atoms with van der Waals surface area (Å²) >= 11 is 1.48. The zero-order valence-corrected chi connectivity index (χ0v) is 14.2. The molecule has 1 aromatic carbocycles. The number of nitrogens with one attached hydrogen (secondary N) is 1. The molecule has 1 saturated heterocycles. The predicted molar refractivity (Wildman–Crippen MR) is 92.4 cm³/mol. The molecule has 1 aromatic heterocycles. The van der Waals surface area contributed by atoms with Gasteiger partial charge in [0.05, 0.1) is 13.2 Å². The lowest BCUT2D eigenvalue weighted by Crippen LogP contribution is -2.35. The number of anilines is 1. The predicted octanol–water partition coefficient (Wildman–Crippen LogP) is 2.50. The number of ether oxygens (including phenoxy) is 1. The lowest BCUT2D eigenvalue weighted by molar-refractivity contribution is 0.0342. The van der Waals surface area contributed by atoms with Gasteiger partial charge >= 0.3 is 0 Å². The second-order valence-electron chi connectivity index (χ2n) is 6.26. The maximum absolute atomic E-state index is 12.3. The number of nitrogens with zero attached hydrogens (tertiary/aromatic N) is 3. The van der Waals surface area contributed by atoms with Gasteiger partial charge in [-0.3, -0.25) is 15.0 Å². The fraction of sp³-hybridized carbons (Fsp3) is 0.471. The van der Waals surface area contributed by atoms with Gasteiger partial charge in [-0.05, 0) is 30.5 Å². The van der Waals surface area contributed by atoms with Crippen molar-refractivity contribution in [1.82, 2.24) is 15.1 Å². The van der Waals surface area contributed by atoms with Crippen molar-refractivity contribution in [2.75, 3.05) is 31.6 Å². The zero-order chi connectivity index (χ0) is 16.4. The van der Waals surface area contributed by atoms with Gasteiger partial charge in [-0.25, -0.2) is 0 Å². The number of rotatable bonds is 5. The van der Waals surface area contributed by atoms with Crippen molar-refractivity contribution in [3.63, 3.8) is 0 Å². The van der Waals surface area contributed by atoms with E-state index in [1.54, 1.807) is 0 Å². The Balaban J connectivity index is 1.35. The monoisotopic (exact) mass is 344 g/mol. The topological polar surface area (TPSA) is 67.4 Å². The molecule has 126 valence electrons. The van der Waals surface area contributed by atoms with E-state index in [4.69, 9.17) is 4.74 Å². The zero-order valence-electron chi connectivity index (χ0n) is 13.4. The lowest BCUT2D eigenvalue weighted by Gasteiger charge is -2.26. The van der Waals surface area contributed by atoms with Crippen LogP contribution >= 0.6 is 11.3 Å². The largest absolute Gasteiger partial charge is 0.379 e. The molecule has 2 fully saturated rings. The molecule has 2 aliphatic rings. The van der Waals surface area contributed by atoms with Gasteiger partial charge in [0, 0.05) is 31.1 Å². The highest BCUT2D eigenvalue weighted by molar-refractivity contribution is 7.15. The van der Waals surface area contributed by atoms with E-state index < -0.39 is 0 Å². The molecule has 0 radical (unpaired) electrons. The summed E-state index contributed by atoms with van der Waals surface area (Å²) in [5.41, 5.74) is 1.85. The number of hydrogen-bond donors (Lipinski definition) is 1. The first-order valence-electron chi connectivity index (χ1n) is 8.32.